The van der Waals surface area contributed by atoms with Crippen molar-refractivity contribution >= 4 is 34.6 Å². The number of carbonyl (C=O) groups excluding carboxylic acids is 1. The van der Waals surface area contributed by atoms with Gasteiger partial charge in [0.05, 0.1) is 21.5 Å². The Kier molecular flexibility index (Phi) is 5.43. The number of carbonyl (C=O) groups is 1. The maximum atomic E-state index is 11.9. The zero-order valence-corrected chi connectivity index (χ0v) is 11.4. The first-order chi connectivity index (χ1) is 9.85. The molecular weight excluding hydrogens is 300 g/mol. The quantitative estimate of drug-likeness (QED) is 0.363. The summed E-state index contributed by atoms with van der Waals surface area (Å²) in [6.45, 7) is 3.76. The number of rotatable bonds is 5. The highest BCUT2D eigenvalue weighted by atomic mass is 32.1. The smallest absolute Gasteiger partial charge is 0.277 e. The monoisotopic (exact) mass is 310 g/mol. The average Bonchev–Trinajstić information content (AvgIpc) is 2.44. The lowest BCUT2D eigenvalue weighted by atomic mass is 10.1. The lowest BCUT2D eigenvalue weighted by Crippen LogP contribution is -2.39. The Morgan fingerprint density at radius 3 is 2.19 bits per heavy atom. The van der Waals surface area contributed by atoms with Crippen molar-refractivity contribution in [2.75, 3.05) is 6.54 Å². The van der Waals surface area contributed by atoms with Gasteiger partial charge in [-0.3, -0.25) is 30.3 Å². The molecule has 0 aliphatic carbocycles. The van der Waals surface area contributed by atoms with Gasteiger partial charge >= 0.3 is 0 Å². The van der Waals surface area contributed by atoms with E-state index < -0.39 is 27.1 Å². The van der Waals surface area contributed by atoms with Gasteiger partial charge in [-0.25, -0.2) is 0 Å². The van der Waals surface area contributed by atoms with Crippen LogP contribution in [0, 0.1) is 20.2 Å². The van der Waals surface area contributed by atoms with Crippen LogP contribution in [0.2, 0.25) is 0 Å². The van der Waals surface area contributed by atoms with Crippen LogP contribution in [-0.2, 0) is 0 Å². The molecule has 0 aliphatic heterocycles. The number of nitrogens with zero attached hydrogens (tertiary/aromatic N) is 2. The molecule has 0 fully saturated rings. The van der Waals surface area contributed by atoms with E-state index in [4.69, 9.17) is 12.2 Å². The normalized spacial score (nSPS) is 9.52. The number of benzene rings is 1. The number of thiocarbonyl (C=S) groups is 1. The number of non-ortho nitro benzene ring substituents is 2. The molecule has 1 rings (SSSR count). The van der Waals surface area contributed by atoms with E-state index in [0.717, 1.165) is 18.2 Å². The fraction of sp³-hybridized carbons (Fsp3) is 0.0909. The van der Waals surface area contributed by atoms with E-state index in [1.165, 1.54) is 6.08 Å². The second-order valence-corrected chi connectivity index (χ2v) is 4.11. The van der Waals surface area contributed by atoms with Gasteiger partial charge in [0, 0.05) is 18.7 Å². The summed E-state index contributed by atoms with van der Waals surface area (Å²) in [7, 11) is 0. The van der Waals surface area contributed by atoms with Crippen molar-refractivity contribution in [3.05, 3.63) is 56.6 Å². The Morgan fingerprint density at radius 1 is 1.24 bits per heavy atom. The van der Waals surface area contributed by atoms with Gasteiger partial charge in [-0.2, -0.15) is 0 Å². The minimum atomic E-state index is -0.821. The predicted molar refractivity (Wildman–Crippen MR) is 78.0 cm³/mol. The summed E-state index contributed by atoms with van der Waals surface area (Å²) in [4.78, 5) is 31.6. The molecule has 1 aromatic rings. The third kappa shape index (κ3) is 4.62. The molecule has 0 saturated heterocycles. The van der Waals surface area contributed by atoms with E-state index >= 15 is 0 Å². The van der Waals surface area contributed by atoms with Crippen LogP contribution in [0.1, 0.15) is 10.4 Å². The van der Waals surface area contributed by atoms with Crippen molar-refractivity contribution in [1.29, 1.82) is 0 Å². The third-order valence-corrected chi connectivity index (χ3v) is 2.47. The molecule has 1 amide bonds. The Balaban J connectivity index is 3.03. The van der Waals surface area contributed by atoms with Crippen LogP contribution in [0.15, 0.2) is 30.9 Å². The lowest BCUT2D eigenvalue weighted by molar-refractivity contribution is -0.394. The molecule has 1 aromatic carbocycles. The molecule has 0 saturated carbocycles. The zero-order valence-electron chi connectivity index (χ0n) is 10.6. The number of amides is 1. The Bertz CT molecular complexity index is 599. The van der Waals surface area contributed by atoms with E-state index in [0.29, 0.717) is 6.54 Å². The van der Waals surface area contributed by atoms with E-state index in [9.17, 15) is 25.0 Å². The second-order valence-electron chi connectivity index (χ2n) is 3.71. The third-order valence-electron chi connectivity index (χ3n) is 2.22. The summed E-state index contributed by atoms with van der Waals surface area (Å²) < 4.78 is 0. The molecule has 0 aromatic heterocycles. The van der Waals surface area contributed by atoms with Crippen molar-refractivity contribution in [2.24, 2.45) is 0 Å². The van der Waals surface area contributed by atoms with Crippen LogP contribution in [0.25, 0.3) is 0 Å². The van der Waals surface area contributed by atoms with Gasteiger partial charge in [-0.05, 0) is 12.2 Å². The fourth-order valence-corrected chi connectivity index (χ4v) is 1.50. The molecule has 2 N–H and O–H groups in total. The summed E-state index contributed by atoms with van der Waals surface area (Å²) in [6.07, 6.45) is 1.51. The highest BCUT2D eigenvalue weighted by molar-refractivity contribution is 7.80. The van der Waals surface area contributed by atoms with Crippen LogP contribution in [-0.4, -0.2) is 27.4 Å². The topological polar surface area (TPSA) is 127 Å². The van der Waals surface area contributed by atoms with Gasteiger partial charge in [-0.15, -0.1) is 6.58 Å². The van der Waals surface area contributed by atoms with E-state index in [-0.39, 0.29) is 10.7 Å². The minimum Gasteiger partial charge on any atom is -0.359 e. The zero-order chi connectivity index (χ0) is 16.0. The summed E-state index contributed by atoms with van der Waals surface area (Å²) in [5.74, 6) is -0.789. The maximum Gasteiger partial charge on any atom is 0.277 e. The minimum absolute atomic E-state index is 0.0194. The molecule has 0 radical (unpaired) electrons. The summed E-state index contributed by atoms with van der Waals surface area (Å²) >= 11 is 4.81. The number of nitro benzene ring substituents is 2. The first kappa shape index (κ1) is 16.2. The van der Waals surface area contributed by atoms with Crippen LogP contribution < -0.4 is 10.6 Å². The van der Waals surface area contributed by atoms with Gasteiger partial charge in [0.1, 0.15) is 0 Å². The van der Waals surface area contributed by atoms with Crippen molar-refractivity contribution in [3.63, 3.8) is 0 Å². The van der Waals surface area contributed by atoms with Gasteiger partial charge in [-0.1, -0.05) is 6.08 Å². The molecule has 110 valence electrons. The van der Waals surface area contributed by atoms with Gasteiger partial charge in [0.2, 0.25) is 0 Å². The summed E-state index contributed by atoms with van der Waals surface area (Å²) in [5, 5.41) is 26.3. The average molecular weight is 310 g/mol. The molecule has 0 bridgehead atoms. The Labute approximate surface area is 123 Å². The number of nitrogens with one attached hydrogen (secondary N) is 2. The molecule has 0 aliphatic rings. The van der Waals surface area contributed by atoms with Crippen LogP contribution in [0.4, 0.5) is 11.4 Å². The van der Waals surface area contributed by atoms with Crippen LogP contribution >= 0.6 is 12.2 Å². The Morgan fingerprint density at radius 2 is 1.76 bits per heavy atom. The van der Waals surface area contributed by atoms with E-state index in [1.807, 2.05) is 0 Å². The summed E-state index contributed by atoms with van der Waals surface area (Å²) in [5.41, 5.74) is -1.35. The maximum absolute atomic E-state index is 11.9. The molecular formula is C11H10N4O5S. The first-order valence-electron chi connectivity index (χ1n) is 5.49. The van der Waals surface area contributed by atoms with Crippen molar-refractivity contribution in [2.45, 2.75) is 0 Å². The number of nitro groups is 2. The number of hydrogen-bond acceptors (Lipinski definition) is 6. The van der Waals surface area contributed by atoms with Gasteiger partial charge in [0.15, 0.2) is 5.11 Å². The summed E-state index contributed by atoms with van der Waals surface area (Å²) in [6, 6.07) is 2.63. The molecule has 10 heteroatoms. The largest absolute Gasteiger partial charge is 0.359 e. The van der Waals surface area contributed by atoms with E-state index in [2.05, 4.69) is 17.2 Å². The number of hydrogen-bond donors (Lipinski definition) is 2. The first-order valence-corrected chi connectivity index (χ1v) is 5.90. The SMILES string of the molecule is C=CCNC(=S)NC(=O)c1cc([N+](=O)[O-])cc([N+](=O)[O-])c1. The molecule has 0 spiro atoms. The van der Waals surface area contributed by atoms with Gasteiger partial charge in [0.25, 0.3) is 17.3 Å². The molecule has 21 heavy (non-hydrogen) atoms. The standard InChI is InChI=1S/C11H10N4O5S/c1-2-3-12-11(21)13-10(16)7-4-8(14(17)18)6-9(5-7)15(19)20/h2,4-6H,1,3H2,(H2,12,13,16,21). The molecule has 9 nitrogen and oxygen atoms in total. The van der Waals surface area contributed by atoms with Crippen molar-refractivity contribution in [3.8, 4) is 0 Å². The molecule has 0 unspecified atom stereocenters. The Hall–Kier alpha value is -2.88. The second kappa shape index (κ2) is 7.05. The van der Waals surface area contributed by atoms with Gasteiger partial charge < -0.3 is 5.32 Å². The van der Waals surface area contributed by atoms with E-state index in [1.54, 1.807) is 0 Å². The predicted octanol–water partition coefficient (Wildman–Crippen LogP) is 1.29. The molecule has 0 heterocycles. The van der Waals surface area contributed by atoms with Crippen LogP contribution in [0.5, 0.6) is 0 Å². The fourth-order valence-electron chi connectivity index (χ4n) is 1.32. The highest BCUT2D eigenvalue weighted by Gasteiger charge is 2.20. The lowest BCUT2D eigenvalue weighted by Gasteiger charge is -2.07. The highest BCUT2D eigenvalue weighted by Crippen LogP contribution is 2.22. The molecule has 0 atom stereocenters. The van der Waals surface area contributed by atoms with Crippen molar-refractivity contribution < 1.29 is 14.6 Å². The van der Waals surface area contributed by atoms with Crippen LogP contribution in [0.3, 0.4) is 0 Å². The van der Waals surface area contributed by atoms with Crippen molar-refractivity contribution in [1.82, 2.24) is 10.6 Å².